The molecule has 0 unspecified atom stereocenters. The van der Waals surface area contributed by atoms with Crippen LogP contribution in [0.25, 0.3) is 10.8 Å². The van der Waals surface area contributed by atoms with Crippen LogP contribution >= 0.6 is 22.6 Å². The number of methoxy groups -OCH3 is 1. The number of hydrogen-bond donors (Lipinski definition) is 1. The van der Waals surface area contributed by atoms with Gasteiger partial charge < -0.3 is 18.9 Å². The molecule has 0 radical (unpaired) electrons. The number of nitrogens with one attached hydrogen (secondary N) is 1. The van der Waals surface area contributed by atoms with Gasteiger partial charge in [-0.25, -0.2) is 5.43 Å². The summed E-state index contributed by atoms with van der Waals surface area (Å²) in [5, 5.41) is 6.39. The summed E-state index contributed by atoms with van der Waals surface area (Å²) < 4.78 is 23.5. The number of nitrogens with zero attached hydrogens (tertiary/aromatic N) is 1. The van der Waals surface area contributed by atoms with E-state index in [0.29, 0.717) is 31.3 Å². The predicted molar refractivity (Wildman–Crippen MR) is 135 cm³/mol. The molecule has 1 aliphatic rings. The van der Waals surface area contributed by atoms with Crippen LogP contribution in [0.5, 0.6) is 11.5 Å². The zero-order chi connectivity index (χ0) is 23.3. The topological polar surface area (TPSA) is 78.4 Å². The highest BCUT2D eigenvalue weighted by Crippen LogP contribution is 2.34. The van der Waals surface area contributed by atoms with Gasteiger partial charge in [-0.05, 0) is 63.5 Å². The van der Waals surface area contributed by atoms with Gasteiger partial charge in [0.25, 0.3) is 0 Å². The third-order valence-electron chi connectivity index (χ3n) is 5.29. The van der Waals surface area contributed by atoms with E-state index in [0.717, 1.165) is 20.1 Å². The maximum atomic E-state index is 12.1. The summed E-state index contributed by atoms with van der Waals surface area (Å²) in [4.78, 5) is 12.1. The summed E-state index contributed by atoms with van der Waals surface area (Å²) >= 11 is 2.21. The molecule has 1 heterocycles. The summed E-state index contributed by atoms with van der Waals surface area (Å²) in [6, 6.07) is 18.2. The van der Waals surface area contributed by atoms with Crippen molar-refractivity contribution in [3.8, 4) is 11.5 Å². The molecule has 0 aromatic heterocycles. The van der Waals surface area contributed by atoms with Gasteiger partial charge in [-0.2, -0.15) is 5.10 Å². The van der Waals surface area contributed by atoms with E-state index in [-0.39, 0.29) is 12.3 Å². The van der Waals surface area contributed by atoms with Gasteiger partial charge in [0, 0.05) is 0 Å². The quantitative estimate of drug-likeness (QED) is 0.247. The Morgan fingerprint density at radius 3 is 2.73 bits per heavy atom. The van der Waals surface area contributed by atoms with E-state index in [1.54, 1.807) is 20.2 Å². The maximum absolute atomic E-state index is 12.1. The number of benzene rings is 3. The molecule has 0 spiro atoms. The minimum absolute atomic E-state index is 0.0755. The van der Waals surface area contributed by atoms with Crippen molar-refractivity contribution in [3.05, 3.63) is 69.3 Å². The van der Waals surface area contributed by atoms with Crippen molar-refractivity contribution in [2.75, 3.05) is 20.3 Å². The van der Waals surface area contributed by atoms with Crippen LogP contribution in [0.1, 0.15) is 24.5 Å². The van der Waals surface area contributed by atoms with Crippen LogP contribution in [-0.2, 0) is 20.9 Å². The zero-order valence-electron chi connectivity index (χ0n) is 18.5. The molecule has 8 heteroatoms. The predicted octanol–water partition coefficient (Wildman–Crippen LogP) is 4.64. The van der Waals surface area contributed by atoms with Gasteiger partial charge in [0.1, 0.15) is 6.61 Å². The third-order valence-corrected chi connectivity index (χ3v) is 6.09. The number of hydrazone groups is 1. The maximum Gasteiger partial charge on any atom is 0.245 e. The van der Waals surface area contributed by atoms with Gasteiger partial charge in [0.05, 0.1) is 36.5 Å². The molecule has 0 atom stereocenters. The van der Waals surface area contributed by atoms with Gasteiger partial charge in [-0.3, -0.25) is 4.79 Å². The number of amides is 1. The minimum Gasteiger partial charge on any atom is -0.493 e. The number of hydrogen-bond acceptors (Lipinski definition) is 6. The van der Waals surface area contributed by atoms with Gasteiger partial charge in [-0.1, -0.05) is 42.5 Å². The molecule has 0 aliphatic carbocycles. The van der Waals surface area contributed by atoms with Crippen LogP contribution in [0.3, 0.4) is 0 Å². The first-order chi connectivity index (χ1) is 16.0. The third kappa shape index (κ3) is 5.82. The summed E-state index contributed by atoms with van der Waals surface area (Å²) in [6.45, 7) is 3.13. The Labute approximate surface area is 206 Å². The summed E-state index contributed by atoms with van der Waals surface area (Å²) in [5.41, 5.74) is 4.39. The molecule has 3 aromatic rings. The van der Waals surface area contributed by atoms with E-state index in [1.165, 1.54) is 5.39 Å². The highest BCUT2D eigenvalue weighted by Gasteiger charge is 2.33. The first-order valence-corrected chi connectivity index (χ1v) is 11.6. The van der Waals surface area contributed by atoms with E-state index in [2.05, 4.69) is 57.4 Å². The second kappa shape index (κ2) is 10.5. The number of rotatable bonds is 8. The molecule has 1 N–H and O–H groups in total. The van der Waals surface area contributed by atoms with Crippen molar-refractivity contribution in [2.45, 2.75) is 25.7 Å². The average Bonchev–Trinajstić information content (AvgIpc) is 3.23. The molecule has 1 fully saturated rings. The monoisotopic (exact) mass is 560 g/mol. The van der Waals surface area contributed by atoms with E-state index in [9.17, 15) is 4.79 Å². The summed E-state index contributed by atoms with van der Waals surface area (Å²) in [5.74, 6) is 0.0829. The lowest BCUT2D eigenvalue weighted by atomic mass is 10.1. The van der Waals surface area contributed by atoms with E-state index in [1.807, 2.05) is 30.3 Å². The minimum atomic E-state index is -0.888. The molecule has 7 nitrogen and oxygen atoms in total. The van der Waals surface area contributed by atoms with Gasteiger partial charge in [0.15, 0.2) is 17.3 Å². The molecule has 33 heavy (non-hydrogen) atoms. The standard InChI is InChI=1S/C25H25IN2O5/c1-25(32-10-11-33-25)14-23(29)28-27-15-17-12-21(26)24(22(13-17)30-2)31-16-19-8-5-7-18-6-3-4-9-20(18)19/h3-9,12-13,15H,10-11,14,16H2,1-2H3,(H,28,29). The fraction of sp³-hybridized carbons (Fsp3) is 0.280. The van der Waals surface area contributed by atoms with Gasteiger partial charge in [-0.15, -0.1) is 0 Å². The van der Waals surface area contributed by atoms with Crippen molar-refractivity contribution in [2.24, 2.45) is 5.10 Å². The van der Waals surface area contributed by atoms with Crippen molar-refractivity contribution < 1.29 is 23.7 Å². The Balaban J connectivity index is 1.43. The van der Waals surface area contributed by atoms with Crippen molar-refractivity contribution in [3.63, 3.8) is 0 Å². The van der Waals surface area contributed by atoms with E-state index in [4.69, 9.17) is 18.9 Å². The fourth-order valence-electron chi connectivity index (χ4n) is 3.69. The molecule has 0 saturated carbocycles. The highest BCUT2D eigenvalue weighted by atomic mass is 127. The number of halogens is 1. The Hall–Kier alpha value is -2.69. The Morgan fingerprint density at radius 1 is 1.18 bits per heavy atom. The zero-order valence-corrected chi connectivity index (χ0v) is 20.6. The Kier molecular flexibility index (Phi) is 7.46. The van der Waals surface area contributed by atoms with Crippen LogP contribution in [-0.4, -0.2) is 38.2 Å². The smallest absolute Gasteiger partial charge is 0.245 e. The van der Waals surface area contributed by atoms with Crippen molar-refractivity contribution in [1.82, 2.24) is 5.43 Å². The fourth-order valence-corrected chi connectivity index (χ4v) is 4.47. The largest absolute Gasteiger partial charge is 0.493 e. The second-order valence-corrected chi connectivity index (χ2v) is 8.92. The molecule has 172 valence electrons. The molecule has 3 aromatic carbocycles. The molecule has 4 rings (SSSR count). The normalized spacial score (nSPS) is 15.1. The molecule has 0 bridgehead atoms. The summed E-state index contributed by atoms with van der Waals surface area (Å²) in [6.07, 6.45) is 1.64. The van der Waals surface area contributed by atoms with Crippen LogP contribution in [0.4, 0.5) is 0 Å². The second-order valence-electron chi connectivity index (χ2n) is 7.76. The first-order valence-electron chi connectivity index (χ1n) is 10.5. The van der Waals surface area contributed by atoms with E-state index >= 15 is 0 Å². The average molecular weight is 560 g/mol. The Bertz CT molecular complexity index is 1170. The van der Waals surface area contributed by atoms with Crippen molar-refractivity contribution >= 4 is 45.5 Å². The molecular formula is C25H25IN2O5. The van der Waals surface area contributed by atoms with Crippen LogP contribution in [0.15, 0.2) is 59.7 Å². The first kappa shape index (κ1) is 23.5. The number of ether oxygens (including phenoxy) is 4. The molecule has 1 amide bonds. The lowest BCUT2D eigenvalue weighted by molar-refractivity contribution is -0.159. The van der Waals surface area contributed by atoms with E-state index < -0.39 is 5.79 Å². The molecule has 1 aliphatic heterocycles. The lowest BCUT2D eigenvalue weighted by Crippen LogP contribution is -2.33. The van der Waals surface area contributed by atoms with Crippen molar-refractivity contribution in [1.29, 1.82) is 0 Å². The highest BCUT2D eigenvalue weighted by molar-refractivity contribution is 14.1. The SMILES string of the molecule is COc1cc(C=NNC(=O)CC2(C)OCCO2)cc(I)c1OCc1cccc2ccccc12. The molecular weight excluding hydrogens is 535 g/mol. The van der Waals surface area contributed by atoms with Crippen LogP contribution in [0.2, 0.25) is 0 Å². The lowest BCUT2D eigenvalue weighted by Gasteiger charge is -2.20. The van der Waals surface area contributed by atoms with Crippen LogP contribution in [0, 0.1) is 3.57 Å². The molecule has 1 saturated heterocycles. The van der Waals surface area contributed by atoms with Gasteiger partial charge in [0.2, 0.25) is 5.91 Å². The van der Waals surface area contributed by atoms with Crippen LogP contribution < -0.4 is 14.9 Å². The van der Waals surface area contributed by atoms with Gasteiger partial charge >= 0.3 is 0 Å². The number of carbonyl (C=O) groups excluding carboxylic acids is 1. The summed E-state index contributed by atoms with van der Waals surface area (Å²) in [7, 11) is 1.60. The number of carbonyl (C=O) groups is 1. The Morgan fingerprint density at radius 2 is 1.94 bits per heavy atom. The number of fused-ring (bicyclic) bond motifs is 1.